The van der Waals surface area contributed by atoms with Crippen LogP contribution in [0.25, 0.3) is 0 Å². The Morgan fingerprint density at radius 1 is 1.12 bits per heavy atom. The second kappa shape index (κ2) is 7.55. The summed E-state index contributed by atoms with van der Waals surface area (Å²) in [6, 6.07) is 7.59. The Morgan fingerprint density at radius 3 is 2.31 bits per heavy atom. The highest BCUT2D eigenvalue weighted by Gasteiger charge is 2.47. The topological polar surface area (TPSA) is 40.6 Å². The molecule has 2 saturated heterocycles. The summed E-state index contributed by atoms with van der Waals surface area (Å²) in [5.74, 6) is 1.32. The molecular formula is C20H27BrN2O2S. The van der Waals surface area contributed by atoms with E-state index in [-0.39, 0.29) is 22.1 Å². The van der Waals surface area contributed by atoms with E-state index < -0.39 is 0 Å². The monoisotopic (exact) mass is 438 g/mol. The molecular weight excluding hydrogens is 412 g/mol. The molecule has 1 spiro atoms. The van der Waals surface area contributed by atoms with Gasteiger partial charge in [0.2, 0.25) is 5.91 Å². The Bertz CT molecular complexity index is 676. The third-order valence-corrected chi connectivity index (χ3v) is 7.17. The maximum atomic E-state index is 13.1. The normalized spacial score (nSPS) is 19.8. The number of carbonyl (C=O) groups is 2. The minimum absolute atomic E-state index is 0.0118. The minimum Gasteiger partial charge on any atom is -0.342 e. The second-order valence-corrected chi connectivity index (χ2v) is 10.7. The van der Waals surface area contributed by atoms with Crippen molar-refractivity contribution in [3.05, 3.63) is 34.3 Å². The fraction of sp³-hybridized carbons (Fsp3) is 0.600. The summed E-state index contributed by atoms with van der Waals surface area (Å²) in [5.41, 5.74) is 0.749. The van der Waals surface area contributed by atoms with Crippen LogP contribution in [0.4, 0.5) is 0 Å². The predicted molar refractivity (Wildman–Crippen MR) is 110 cm³/mol. The Kier molecular flexibility index (Phi) is 5.73. The molecule has 0 radical (unpaired) electrons. The number of hydrogen-bond acceptors (Lipinski definition) is 3. The molecule has 0 N–H and O–H groups in total. The number of thioether (sulfide) groups is 1. The predicted octanol–water partition coefficient (Wildman–Crippen LogP) is 4.39. The number of rotatable bonds is 2. The maximum Gasteiger partial charge on any atom is 0.254 e. The third kappa shape index (κ3) is 4.28. The molecule has 0 aromatic heterocycles. The summed E-state index contributed by atoms with van der Waals surface area (Å²) in [7, 11) is 0. The molecule has 2 amide bonds. The van der Waals surface area contributed by atoms with Crippen LogP contribution in [0, 0.1) is 5.41 Å². The van der Waals surface area contributed by atoms with E-state index >= 15 is 0 Å². The van der Waals surface area contributed by atoms with Crippen molar-refractivity contribution in [2.75, 3.05) is 25.4 Å². The highest BCUT2D eigenvalue weighted by molar-refractivity contribution is 9.10. The van der Waals surface area contributed by atoms with Crippen molar-refractivity contribution in [2.24, 2.45) is 5.41 Å². The van der Waals surface area contributed by atoms with Gasteiger partial charge in [-0.05, 0) is 42.5 Å². The van der Waals surface area contributed by atoms with Gasteiger partial charge in [-0.2, -0.15) is 0 Å². The molecule has 0 aliphatic carbocycles. The lowest BCUT2D eigenvalue weighted by Crippen LogP contribution is -2.53. The van der Waals surface area contributed by atoms with Crippen LogP contribution in [0.5, 0.6) is 0 Å². The van der Waals surface area contributed by atoms with Crippen LogP contribution >= 0.6 is 27.7 Å². The molecule has 1 aromatic rings. The molecule has 0 bridgehead atoms. The number of hydrogen-bond donors (Lipinski definition) is 0. The quantitative estimate of drug-likeness (QED) is 0.686. The minimum atomic E-state index is -0.150. The van der Waals surface area contributed by atoms with Crippen LogP contribution in [0.2, 0.25) is 0 Å². The molecule has 6 heteroatoms. The van der Waals surface area contributed by atoms with Crippen molar-refractivity contribution in [1.29, 1.82) is 0 Å². The van der Waals surface area contributed by atoms with E-state index in [1.54, 1.807) is 0 Å². The van der Waals surface area contributed by atoms with E-state index in [0.717, 1.165) is 48.3 Å². The second-order valence-electron chi connectivity index (χ2n) is 8.38. The smallest absolute Gasteiger partial charge is 0.254 e. The molecule has 0 saturated carbocycles. The van der Waals surface area contributed by atoms with Gasteiger partial charge in [0.1, 0.15) is 0 Å². The number of amides is 2. The standard InChI is InChI=1S/C20H27BrN2O2S/c1-19(2,3)14-17(24)22-10-8-20(9-11-22)23(12-13-26-20)18(25)15-4-6-16(21)7-5-15/h4-7H,8-14H2,1-3H3. The van der Waals surface area contributed by atoms with Gasteiger partial charge in [-0.3, -0.25) is 9.59 Å². The summed E-state index contributed by atoms with van der Waals surface area (Å²) in [4.78, 5) is 29.5. The molecule has 26 heavy (non-hydrogen) atoms. The first-order chi connectivity index (χ1) is 12.2. The van der Waals surface area contributed by atoms with E-state index in [1.807, 2.05) is 45.8 Å². The first-order valence-corrected chi connectivity index (χ1v) is 11.0. The molecule has 2 aliphatic heterocycles. The van der Waals surface area contributed by atoms with Crippen molar-refractivity contribution < 1.29 is 9.59 Å². The number of likely N-dealkylation sites (tertiary alicyclic amines) is 1. The molecule has 0 atom stereocenters. The van der Waals surface area contributed by atoms with Crippen LogP contribution in [0.1, 0.15) is 50.4 Å². The van der Waals surface area contributed by atoms with Gasteiger partial charge in [0.25, 0.3) is 5.91 Å². The van der Waals surface area contributed by atoms with Crippen LogP contribution in [-0.4, -0.2) is 51.9 Å². The van der Waals surface area contributed by atoms with Crippen LogP contribution in [0.15, 0.2) is 28.7 Å². The van der Waals surface area contributed by atoms with Crippen LogP contribution < -0.4 is 0 Å². The highest BCUT2D eigenvalue weighted by Crippen LogP contribution is 2.44. The molecule has 2 fully saturated rings. The lowest BCUT2D eigenvalue weighted by molar-refractivity contribution is -0.134. The first kappa shape index (κ1) is 19.7. The number of nitrogens with zero attached hydrogens (tertiary/aromatic N) is 2. The number of carbonyl (C=O) groups excluding carboxylic acids is 2. The fourth-order valence-electron chi connectivity index (χ4n) is 3.73. The average Bonchev–Trinajstić information content (AvgIpc) is 2.97. The van der Waals surface area contributed by atoms with Gasteiger partial charge in [-0.25, -0.2) is 0 Å². The molecule has 2 aliphatic rings. The summed E-state index contributed by atoms with van der Waals surface area (Å²) in [5, 5.41) is 0. The maximum absolute atomic E-state index is 13.1. The van der Waals surface area contributed by atoms with E-state index in [0.29, 0.717) is 6.42 Å². The zero-order chi connectivity index (χ0) is 18.9. The molecule has 3 rings (SSSR count). The van der Waals surface area contributed by atoms with Crippen LogP contribution in [0.3, 0.4) is 0 Å². The van der Waals surface area contributed by atoms with Gasteiger partial charge < -0.3 is 9.80 Å². The fourth-order valence-corrected chi connectivity index (χ4v) is 5.45. The van der Waals surface area contributed by atoms with Crippen molar-refractivity contribution in [2.45, 2.75) is 44.9 Å². The van der Waals surface area contributed by atoms with E-state index in [4.69, 9.17) is 0 Å². The molecule has 1 aromatic carbocycles. The Hall–Kier alpha value is -1.01. The largest absolute Gasteiger partial charge is 0.342 e. The third-order valence-electron chi connectivity index (χ3n) is 5.09. The summed E-state index contributed by atoms with van der Waals surface area (Å²) in [6.45, 7) is 8.57. The van der Waals surface area contributed by atoms with E-state index in [1.165, 1.54) is 0 Å². The van der Waals surface area contributed by atoms with Crippen molar-refractivity contribution >= 4 is 39.5 Å². The number of halogens is 1. The van der Waals surface area contributed by atoms with Gasteiger partial charge in [-0.1, -0.05) is 36.7 Å². The lowest BCUT2D eigenvalue weighted by Gasteiger charge is -2.44. The van der Waals surface area contributed by atoms with Gasteiger partial charge in [0.05, 0.1) is 4.87 Å². The molecule has 4 nitrogen and oxygen atoms in total. The van der Waals surface area contributed by atoms with Gasteiger partial charge in [0.15, 0.2) is 0 Å². The van der Waals surface area contributed by atoms with Gasteiger partial charge >= 0.3 is 0 Å². The first-order valence-electron chi connectivity index (χ1n) is 9.20. The lowest BCUT2D eigenvalue weighted by atomic mass is 9.91. The number of benzene rings is 1. The van der Waals surface area contributed by atoms with Crippen LogP contribution in [-0.2, 0) is 4.79 Å². The zero-order valence-electron chi connectivity index (χ0n) is 15.8. The number of piperidine rings is 1. The molecule has 0 unspecified atom stereocenters. The Balaban J connectivity index is 1.68. The van der Waals surface area contributed by atoms with Gasteiger partial charge in [0, 0.05) is 41.8 Å². The zero-order valence-corrected chi connectivity index (χ0v) is 18.2. The summed E-state index contributed by atoms with van der Waals surface area (Å²) < 4.78 is 0.977. The summed E-state index contributed by atoms with van der Waals surface area (Å²) in [6.07, 6.45) is 2.29. The van der Waals surface area contributed by atoms with Crippen molar-refractivity contribution in [1.82, 2.24) is 9.80 Å². The van der Waals surface area contributed by atoms with Gasteiger partial charge in [-0.15, -0.1) is 11.8 Å². The van der Waals surface area contributed by atoms with Crippen molar-refractivity contribution in [3.63, 3.8) is 0 Å². The average molecular weight is 439 g/mol. The molecule has 2 heterocycles. The Labute approximate surface area is 168 Å². The van der Waals surface area contributed by atoms with E-state index in [2.05, 4.69) is 36.7 Å². The Morgan fingerprint density at radius 2 is 1.73 bits per heavy atom. The summed E-state index contributed by atoms with van der Waals surface area (Å²) >= 11 is 5.31. The van der Waals surface area contributed by atoms with Crippen molar-refractivity contribution in [3.8, 4) is 0 Å². The SMILES string of the molecule is CC(C)(C)CC(=O)N1CCC2(CC1)SCCN2C(=O)c1ccc(Br)cc1. The van der Waals surface area contributed by atoms with E-state index in [9.17, 15) is 9.59 Å². The molecule has 142 valence electrons. The highest BCUT2D eigenvalue weighted by atomic mass is 79.9.